The molecule has 0 spiro atoms. The molecule has 100 valence electrons. The van der Waals surface area contributed by atoms with Crippen molar-refractivity contribution >= 4 is 5.91 Å². The maximum atomic E-state index is 12.2. The molecule has 0 aromatic heterocycles. The molecular weight excluding hydrogens is 212 g/mol. The van der Waals surface area contributed by atoms with Gasteiger partial charge in [0.1, 0.15) is 0 Å². The van der Waals surface area contributed by atoms with E-state index < -0.39 is 0 Å². The molecular formula is C14H28N2O. The first-order valence-corrected chi connectivity index (χ1v) is 6.91. The van der Waals surface area contributed by atoms with Gasteiger partial charge < -0.3 is 10.2 Å². The number of amides is 1. The number of carbonyl (C=O) groups is 1. The Hall–Kier alpha value is -0.570. The summed E-state index contributed by atoms with van der Waals surface area (Å²) in [5.74, 6) is 0.957. The second-order valence-electron chi connectivity index (χ2n) is 6.38. The minimum absolute atomic E-state index is 0.0926. The average molecular weight is 240 g/mol. The smallest absolute Gasteiger partial charge is 0.223 e. The van der Waals surface area contributed by atoms with Gasteiger partial charge >= 0.3 is 0 Å². The van der Waals surface area contributed by atoms with Gasteiger partial charge in [0.05, 0.1) is 0 Å². The van der Waals surface area contributed by atoms with Crippen LogP contribution in [0.5, 0.6) is 0 Å². The van der Waals surface area contributed by atoms with Crippen molar-refractivity contribution in [1.82, 2.24) is 10.2 Å². The van der Waals surface area contributed by atoms with Gasteiger partial charge in [0.2, 0.25) is 5.91 Å². The fraction of sp³-hybridized carbons (Fsp3) is 0.929. The number of nitrogens with one attached hydrogen (secondary N) is 1. The van der Waals surface area contributed by atoms with Crippen molar-refractivity contribution in [3.05, 3.63) is 0 Å². The Balaban J connectivity index is 2.43. The van der Waals surface area contributed by atoms with Gasteiger partial charge in [-0.25, -0.2) is 0 Å². The summed E-state index contributed by atoms with van der Waals surface area (Å²) < 4.78 is 0. The minimum atomic E-state index is 0.0926. The van der Waals surface area contributed by atoms with Gasteiger partial charge in [-0.15, -0.1) is 0 Å². The van der Waals surface area contributed by atoms with Crippen LogP contribution < -0.4 is 5.32 Å². The summed E-state index contributed by atoms with van der Waals surface area (Å²) in [6.45, 7) is 12.4. The van der Waals surface area contributed by atoms with Crippen LogP contribution in [0.4, 0.5) is 0 Å². The predicted octanol–water partition coefficient (Wildman–Crippen LogP) is 2.27. The fourth-order valence-electron chi connectivity index (χ4n) is 2.36. The number of rotatable bonds is 4. The molecule has 0 aromatic carbocycles. The molecule has 1 atom stereocenters. The van der Waals surface area contributed by atoms with Gasteiger partial charge in [-0.1, -0.05) is 20.8 Å². The number of carbonyl (C=O) groups excluding carboxylic acids is 1. The monoisotopic (exact) mass is 240 g/mol. The zero-order chi connectivity index (χ0) is 12.9. The van der Waals surface area contributed by atoms with Crippen LogP contribution in [-0.4, -0.2) is 37.0 Å². The van der Waals surface area contributed by atoms with E-state index in [9.17, 15) is 4.79 Å². The average Bonchev–Trinajstić information content (AvgIpc) is 2.24. The van der Waals surface area contributed by atoms with Gasteiger partial charge in [-0.05, 0) is 44.2 Å². The van der Waals surface area contributed by atoms with Crippen molar-refractivity contribution < 1.29 is 4.79 Å². The Labute approximate surface area is 106 Å². The van der Waals surface area contributed by atoms with E-state index in [1.54, 1.807) is 0 Å². The van der Waals surface area contributed by atoms with Gasteiger partial charge in [0.25, 0.3) is 0 Å². The quantitative estimate of drug-likeness (QED) is 0.817. The molecule has 0 radical (unpaired) electrons. The largest absolute Gasteiger partial charge is 0.343 e. The molecule has 0 bridgehead atoms. The van der Waals surface area contributed by atoms with Gasteiger partial charge in [-0.2, -0.15) is 0 Å². The van der Waals surface area contributed by atoms with Crippen molar-refractivity contribution in [1.29, 1.82) is 0 Å². The molecule has 1 saturated heterocycles. The molecule has 1 aliphatic rings. The molecule has 1 fully saturated rings. The Kier molecular flexibility index (Phi) is 5.44. The second-order valence-corrected chi connectivity index (χ2v) is 6.38. The van der Waals surface area contributed by atoms with E-state index in [1.807, 2.05) is 4.90 Å². The topological polar surface area (TPSA) is 32.3 Å². The van der Waals surface area contributed by atoms with Crippen LogP contribution in [0.2, 0.25) is 0 Å². The number of hydrogen-bond donors (Lipinski definition) is 1. The molecule has 3 heteroatoms. The standard InChI is InChI=1S/C14H28N2O/c1-5-16(13(17)9-14(2,3)4)11-12-7-6-8-15-10-12/h12,15H,5-11H2,1-4H3. The summed E-state index contributed by atoms with van der Waals surface area (Å²) in [5, 5.41) is 3.41. The van der Waals surface area contributed by atoms with Crippen molar-refractivity contribution in [3.8, 4) is 0 Å². The van der Waals surface area contributed by atoms with Gasteiger partial charge in [0.15, 0.2) is 0 Å². The van der Waals surface area contributed by atoms with Crippen LogP contribution >= 0.6 is 0 Å². The van der Waals surface area contributed by atoms with E-state index in [0.717, 1.165) is 26.2 Å². The SMILES string of the molecule is CCN(CC1CCCNC1)C(=O)CC(C)(C)C. The van der Waals surface area contributed by atoms with E-state index in [4.69, 9.17) is 0 Å². The molecule has 0 aliphatic carbocycles. The lowest BCUT2D eigenvalue weighted by Gasteiger charge is -2.31. The third-order valence-electron chi connectivity index (χ3n) is 3.29. The minimum Gasteiger partial charge on any atom is -0.343 e. The van der Waals surface area contributed by atoms with E-state index in [-0.39, 0.29) is 5.41 Å². The molecule has 3 nitrogen and oxygen atoms in total. The molecule has 1 amide bonds. The highest BCUT2D eigenvalue weighted by molar-refractivity contribution is 5.76. The molecule has 17 heavy (non-hydrogen) atoms. The zero-order valence-electron chi connectivity index (χ0n) is 11.9. The first kappa shape index (κ1) is 14.5. The summed E-state index contributed by atoms with van der Waals surface area (Å²) in [5.41, 5.74) is 0.0926. The van der Waals surface area contributed by atoms with Crippen molar-refractivity contribution in [2.75, 3.05) is 26.2 Å². The van der Waals surface area contributed by atoms with Crippen LogP contribution in [-0.2, 0) is 4.79 Å². The molecule has 0 aromatic rings. The molecule has 1 rings (SSSR count). The third-order valence-corrected chi connectivity index (χ3v) is 3.29. The summed E-state index contributed by atoms with van der Waals surface area (Å²) in [4.78, 5) is 14.2. The Bertz CT molecular complexity index is 239. The summed E-state index contributed by atoms with van der Waals surface area (Å²) in [6, 6.07) is 0. The lowest BCUT2D eigenvalue weighted by atomic mass is 9.91. The van der Waals surface area contributed by atoms with Crippen LogP contribution in [0.15, 0.2) is 0 Å². The molecule has 0 saturated carbocycles. The van der Waals surface area contributed by atoms with E-state index in [1.165, 1.54) is 12.8 Å². The highest BCUT2D eigenvalue weighted by Crippen LogP contribution is 2.21. The second kappa shape index (κ2) is 6.39. The Morgan fingerprint density at radius 2 is 2.12 bits per heavy atom. The first-order chi connectivity index (χ1) is 7.92. The van der Waals surface area contributed by atoms with Crippen LogP contribution in [0, 0.1) is 11.3 Å². The van der Waals surface area contributed by atoms with Crippen molar-refractivity contribution in [3.63, 3.8) is 0 Å². The summed E-state index contributed by atoms with van der Waals surface area (Å²) in [7, 11) is 0. The predicted molar refractivity (Wildman–Crippen MR) is 71.9 cm³/mol. The Morgan fingerprint density at radius 3 is 2.59 bits per heavy atom. The fourth-order valence-corrected chi connectivity index (χ4v) is 2.36. The maximum absolute atomic E-state index is 12.2. The number of nitrogens with zero attached hydrogens (tertiary/aromatic N) is 1. The first-order valence-electron chi connectivity index (χ1n) is 6.91. The molecule has 1 heterocycles. The van der Waals surface area contributed by atoms with E-state index >= 15 is 0 Å². The van der Waals surface area contributed by atoms with Crippen LogP contribution in [0.1, 0.15) is 47.0 Å². The van der Waals surface area contributed by atoms with Crippen LogP contribution in [0.25, 0.3) is 0 Å². The van der Waals surface area contributed by atoms with E-state index in [2.05, 4.69) is 33.0 Å². The number of hydrogen-bond acceptors (Lipinski definition) is 2. The highest BCUT2D eigenvalue weighted by atomic mass is 16.2. The summed E-state index contributed by atoms with van der Waals surface area (Å²) in [6.07, 6.45) is 3.16. The lowest BCUT2D eigenvalue weighted by Crippen LogP contribution is -2.41. The molecule has 1 aliphatic heterocycles. The third kappa shape index (κ3) is 5.53. The van der Waals surface area contributed by atoms with Crippen LogP contribution in [0.3, 0.4) is 0 Å². The van der Waals surface area contributed by atoms with Gasteiger partial charge in [-0.3, -0.25) is 4.79 Å². The van der Waals surface area contributed by atoms with Gasteiger partial charge in [0, 0.05) is 19.5 Å². The lowest BCUT2D eigenvalue weighted by molar-refractivity contribution is -0.133. The van der Waals surface area contributed by atoms with E-state index in [0.29, 0.717) is 18.2 Å². The molecule has 1 N–H and O–H groups in total. The highest BCUT2D eigenvalue weighted by Gasteiger charge is 2.23. The van der Waals surface area contributed by atoms with Crippen molar-refractivity contribution in [2.24, 2.45) is 11.3 Å². The van der Waals surface area contributed by atoms with Crippen molar-refractivity contribution in [2.45, 2.75) is 47.0 Å². The Morgan fingerprint density at radius 1 is 1.41 bits per heavy atom. The zero-order valence-corrected chi connectivity index (χ0v) is 11.9. The maximum Gasteiger partial charge on any atom is 0.223 e. The summed E-state index contributed by atoms with van der Waals surface area (Å²) >= 11 is 0. The number of piperidine rings is 1. The molecule has 1 unspecified atom stereocenters. The normalized spacial score (nSPS) is 21.3.